The summed E-state index contributed by atoms with van der Waals surface area (Å²) < 4.78 is 0. The summed E-state index contributed by atoms with van der Waals surface area (Å²) in [5.74, 6) is 0. The molecule has 0 amide bonds. The quantitative estimate of drug-likeness (QED) is 0.197. The highest BCUT2D eigenvalue weighted by Gasteiger charge is 2.52. The van der Waals surface area contributed by atoms with Crippen molar-refractivity contribution in [3.8, 4) is 22.3 Å². The van der Waals surface area contributed by atoms with Crippen molar-refractivity contribution in [2.75, 3.05) is 16.8 Å². The predicted octanol–water partition coefficient (Wildman–Crippen LogP) is 11.3. The Hall–Kier alpha value is -5.86. The Morgan fingerprint density at radius 3 is 1.24 bits per heavy atom. The largest absolute Gasteiger partial charge is 0.345 e. The summed E-state index contributed by atoms with van der Waals surface area (Å²) >= 11 is 0. The van der Waals surface area contributed by atoms with Crippen LogP contribution in [-0.2, 0) is 5.41 Å². The van der Waals surface area contributed by atoms with Crippen LogP contribution in [0.4, 0.5) is 28.4 Å². The number of rotatable bonds is 5. The zero-order valence-electron chi connectivity index (χ0n) is 25.6. The zero-order valence-corrected chi connectivity index (χ0v) is 25.6. The van der Waals surface area contributed by atoms with Crippen molar-refractivity contribution in [3.05, 3.63) is 198 Å². The van der Waals surface area contributed by atoms with E-state index in [1.165, 1.54) is 55.9 Å². The molecule has 0 saturated heterocycles. The maximum atomic E-state index is 2.45. The van der Waals surface area contributed by atoms with Gasteiger partial charge in [-0.25, -0.2) is 0 Å². The molecule has 0 unspecified atom stereocenters. The van der Waals surface area contributed by atoms with Gasteiger partial charge in [0.25, 0.3) is 0 Å². The molecular weight excluding hydrogens is 556 g/mol. The fraction of sp³-hybridized carbons (Fsp3) is 0.0455. The SMILES string of the molecule is CN(c1ccccc1)c1ccc2c(c1)C1(c3ccccc3-c3ccccc31)c1cc(N(c3ccccc3)c3ccccc3)ccc1-2. The molecule has 9 rings (SSSR count). The second-order valence-electron chi connectivity index (χ2n) is 12.2. The van der Waals surface area contributed by atoms with E-state index in [9.17, 15) is 0 Å². The van der Waals surface area contributed by atoms with Crippen LogP contribution in [0.25, 0.3) is 22.3 Å². The summed E-state index contributed by atoms with van der Waals surface area (Å²) in [6.07, 6.45) is 0. The van der Waals surface area contributed by atoms with Gasteiger partial charge in [0, 0.05) is 35.5 Å². The number of nitrogens with zero attached hydrogens (tertiary/aromatic N) is 2. The summed E-state index contributed by atoms with van der Waals surface area (Å²) in [6.45, 7) is 0. The van der Waals surface area contributed by atoms with Crippen LogP contribution in [-0.4, -0.2) is 7.05 Å². The predicted molar refractivity (Wildman–Crippen MR) is 192 cm³/mol. The third-order valence-electron chi connectivity index (χ3n) is 9.87. The molecule has 46 heavy (non-hydrogen) atoms. The van der Waals surface area contributed by atoms with Crippen LogP contribution >= 0.6 is 0 Å². The van der Waals surface area contributed by atoms with Crippen molar-refractivity contribution in [2.24, 2.45) is 0 Å². The van der Waals surface area contributed by atoms with Crippen LogP contribution in [0.3, 0.4) is 0 Å². The van der Waals surface area contributed by atoms with Crippen LogP contribution in [0, 0.1) is 0 Å². The first-order valence-corrected chi connectivity index (χ1v) is 15.9. The minimum atomic E-state index is -0.444. The smallest absolute Gasteiger partial charge is 0.0727 e. The van der Waals surface area contributed by atoms with Crippen LogP contribution in [0.15, 0.2) is 176 Å². The standard InChI is InChI=1S/C44H32N2/c1-45(31-15-5-2-6-16-31)34-25-27-38-39-28-26-35(46(32-17-7-3-8-18-32)33-19-9-4-10-20-33)30-43(39)44(42(38)29-34)40-23-13-11-21-36(40)37-22-12-14-24-41(37)44/h2-30H,1H3. The lowest BCUT2D eigenvalue weighted by molar-refractivity contribution is 0.793. The number of hydrogen-bond acceptors (Lipinski definition) is 2. The van der Waals surface area contributed by atoms with Crippen LogP contribution in [0.2, 0.25) is 0 Å². The highest BCUT2D eigenvalue weighted by atomic mass is 15.1. The molecule has 2 aliphatic rings. The monoisotopic (exact) mass is 588 g/mol. The van der Waals surface area contributed by atoms with Gasteiger partial charge < -0.3 is 9.80 Å². The lowest BCUT2D eigenvalue weighted by atomic mass is 9.70. The molecule has 0 saturated carbocycles. The average Bonchev–Trinajstić information content (AvgIpc) is 3.59. The fourth-order valence-corrected chi connectivity index (χ4v) is 7.86. The minimum Gasteiger partial charge on any atom is -0.345 e. The second kappa shape index (κ2) is 10.4. The molecule has 2 aliphatic carbocycles. The molecule has 1 spiro atoms. The van der Waals surface area contributed by atoms with Crippen molar-refractivity contribution in [1.82, 2.24) is 0 Å². The Bertz CT molecular complexity index is 2140. The van der Waals surface area contributed by atoms with Crippen molar-refractivity contribution in [3.63, 3.8) is 0 Å². The lowest BCUT2D eigenvalue weighted by Gasteiger charge is -2.32. The van der Waals surface area contributed by atoms with E-state index < -0.39 is 5.41 Å². The first kappa shape index (κ1) is 26.5. The topological polar surface area (TPSA) is 6.48 Å². The van der Waals surface area contributed by atoms with E-state index in [2.05, 4.69) is 193 Å². The first-order chi connectivity index (χ1) is 22.7. The number of fused-ring (bicyclic) bond motifs is 10. The molecule has 218 valence electrons. The Kier molecular flexibility index (Phi) is 5.97. The summed E-state index contributed by atoms with van der Waals surface area (Å²) in [5, 5.41) is 0. The van der Waals surface area contributed by atoms with Gasteiger partial charge >= 0.3 is 0 Å². The zero-order chi connectivity index (χ0) is 30.7. The summed E-state index contributed by atoms with van der Waals surface area (Å²) in [5.41, 5.74) is 15.9. The van der Waals surface area contributed by atoms with Gasteiger partial charge in [0.2, 0.25) is 0 Å². The van der Waals surface area contributed by atoms with Gasteiger partial charge in [-0.15, -0.1) is 0 Å². The van der Waals surface area contributed by atoms with E-state index >= 15 is 0 Å². The second-order valence-corrected chi connectivity index (χ2v) is 12.2. The third-order valence-corrected chi connectivity index (χ3v) is 9.87. The molecule has 2 nitrogen and oxygen atoms in total. The highest BCUT2D eigenvalue weighted by molar-refractivity contribution is 5.97. The summed E-state index contributed by atoms with van der Waals surface area (Å²) in [4.78, 5) is 4.67. The maximum absolute atomic E-state index is 2.45. The Morgan fingerprint density at radius 2 is 0.717 bits per heavy atom. The van der Waals surface area contributed by atoms with E-state index in [4.69, 9.17) is 0 Å². The molecule has 7 aromatic rings. The Morgan fingerprint density at radius 1 is 0.326 bits per heavy atom. The average molecular weight is 589 g/mol. The van der Waals surface area contributed by atoms with E-state index in [0.29, 0.717) is 0 Å². The van der Waals surface area contributed by atoms with Gasteiger partial charge in [-0.05, 0) is 105 Å². The third kappa shape index (κ3) is 3.77. The maximum Gasteiger partial charge on any atom is 0.0727 e. The number of benzene rings is 7. The van der Waals surface area contributed by atoms with E-state index in [-0.39, 0.29) is 0 Å². The van der Waals surface area contributed by atoms with Crippen LogP contribution in [0.5, 0.6) is 0 Å². The molecule has 7 aromatic carbocycles. The highest BCUT2D eigenvalue weighted by Crippen LogP contribution is 2.63. The molecule has 0 N–H and O–H groups in total. The van der Waals surface area contributed by atoms with Crippen molar-refractivity contribution >= 4 is 28.4 Å². The van der Waals surface area contributed by atoms with Crippen molar-refractivity contribution in [2.45, 2.75) is 5.41 Å². The summed E-state index contributed by atoms with van der Waals surface area (Å²) in [6, 6.07) is 64.2. The number of para-hydroxylation sites is 3. The number of hydrogen-bond donors (Lipinski definition) is 0. The first-order valence-electron chi connectivity index (χ1n) is 15.9. The molecular formula is C44H32N2. The van der Waals surface area contributed by atoms with Gasteiger partial charge in [-0.2, -0.15) is 0 Å². The van der Waals surface area contributed by atoms with Gasteiger partial charge in [0.1, 0.15) is 0 Å². The minimum absolute atomic E-state index is 0.444. The molecule has 2 heteroatoms. The molecule has 0 fully saturated rings. The Labute approximate surface area is 270 Å². The van der Waals surface area contributed by atoms with Crippen molar-refractivity contribution < 1.29 is 0 Å². The fourth-order valence-electron chi connectivity index (χ4n) is 7.86. The number of anilines is 5. The molecule has 0 heterocycles. The van der Waals surface area contributed by atoms with Gasteiger partial charge in [-0.1, -0.05) is 115 Å². The lowest BCUT2D eigenvalue weighted by Crippen LogP contribution is -2.26. The molecule has 0 aliphatic heterocycles. The van der Waals surface area contributed by atoms with Gasteiger partial charge in [-0.3, -0.25) is 0 Å². The van der Waals surface area contributed by atoms with E-state index in [1.54, 1.807) is 0 Å². The Balaban J connectivity index is 1.33. The molecule has 0 aromatic heterocycles. The van der Waals surface area contributed by atoms with E-state index in [1.807, 2.05) is 0 Å². The van der Waals surface area contributed by atoms with Gasteiger partial charge in [0.15, 0.2) is 0 Å². The van der Waals surface area contributed by atoms with Crippen molar-refractivity contribution in [1.29, 1.82) is 0 Å². The molecule has 0 bridgehead atoms. The molecule has 0 radical (unpaired) electrons. The normalized spacial score (nSPS) is 13.1. The van der Waals surface area contributed by atoms with Crippen LogP contribution < -0.4 is 9.80 Å². The van der Waals surface area contributed by atoms with E-state index in [0.717, 1.165) is 17.1 Å². The molecule has 0 atom stereocenters. The van der Waals surface area contributed by atoms with Crippen LogP contribution in [0.1, 0.15) is 22.3 Å². The van der Waals surface area contributed by atoms with Gasteiger partial charge in [0.05, 0.1) is 5.41 Å². The summed E-state index contributed by atoms with van der Waals surface area (Å²) in [7, 11) is 2.16.